The van der Waals surface area contributed by atoms with E-state index in [1.807, 2.05) is 6.07 Å². The van der Waals surface area contributed by atoms with Crippen molar-refractivity contribution in [2.75, 3.05) is 0 Å². The normalized spacial score (nSPS) is 13.3. The van der Waals surface area contributed by atoms with Crippen molar-refractivity contribution in [3.8, 4) is 17.2 Å². The Labute approximate surface area is 125 Å². The van der Waals surface area contributed by atoms with E-state index < -0.39 is 0 Å². The maximum Gasteiger partial charge on any atom is 0.142 e. The molecule has 0 saturated carbocycles. The predicted octanol–water partition coefficient (Wildman–Crippen LogP) is 4.46. The van der Waals surface area contributed by atoms with Gasteiger partial charge in [0.1, 0.15) is 22.4 Å². The van der Waals surface area contributed by atoms with Crippen LogP contribution >= 0.6 is 11.3 Å². The second-order valence-corrected chi connectivity index (χ2v) is 6.29. The van der Waals surface area contributed by atoms with E-state index in [4.69, 9.17) is 0 Å². The molecule has 0 N–H and O–H groups in total. The maximum atomic E-state index is 13.2. The van der Waals surface area contributed by atoms with Crippen LogP contribution in [0.1, 0.15) is 22.6 Å². The summed E-state index contributed by atoms with van der Waals surface area (Å²) in [7, 11) is 0. The van der Waals surface area contributed by atoms with Gasteiger partial charge in [-0.2, -0.15) is 5.26 Å². The van der Waals surface area contributed by atoms with Crippen molar-refractivity contribution in [3.63, 3.8) is 0 Å². The number of thiophene rings is 1. The van der Waals surface area contributed by atoms with Crippen LogP contribution in [0.5, 0.6) is 0 Å². The minimum absolute atomic E-state index is 0.250. The number of fused-ring (bicyclic) bond motifs is 3. The Morgan fingerprint density at radius 2 is 2.00 bits per heavy atom. The molecule has 0 amide bonds. The molecule has 1 aromatic carbocycles. The lowest BCUT2D eigenvalue weighted by atomic mass is 9.99. The molecule has 2 heterocycles. The fourth-order valence-corrected chi connectivity index (χ4v) is 4.30. The Balaban J connectivity index is 2.06. The molecule has 0 atom stereocenters. The number of benzene rings is 1. The third-order valence-corrected chi connectivity index (χ3v) is 5.13. The van der Waals surface area contributed by atoms with Gasteiger partial charge in [0, 0.05) is 10.3 Å². The second kappa shape index (κ2) is 4.64. The summed E-state index contributed by atoms with van der Waals surface area (Å²) in [5.74, 6) is -0.250. The van der Waals surface area contributed by atoms with Gasteiger partial charge in [-0.1, -0.05) is 12.1 Å². The smallest absolute Gasteiger partial charge is 0.142 e. The molecule has 3 aromatic rings. The first-order valence-corrected chi connectivity index (χ1v) is 7.69. The van der Waals surface area contributed by atoms with Gasteiger partial charge in [-0.15, -0.1) is 11.3 Å². The molecule has 0 unspecified atom stereocenters. The summed E-state index contributed by atoms with van der Waals surface area (Å²) < 4.78 is 13.2. The first kappa shape index (κ1) is 12.5. The molecule has 4 heteroatoms. The number of rotatable bonds is 1. The number of nitriles is 1. The molecule has 2 aromatic heterocycles. The maximum absolute atomic E-state index is 13.2. The molecule has 2 nitrogen and oxygen atoms in total. The summed E-state index contributed by atoms with van der Waals surface area (Å²) in [6.45, 7) is 0. The summed E-state index contributed by atoms with van der Waals surface area (Å²) >= 11 is 1.69. The summed E-state index contributed by atoms with van der Waals surface area (Å²) in [5.41, 5.74) is 3.72. The zero-order valence-corrected chi connectivity index (χ0v) is 12.0. The van der Waals surface area contributed by atoms with E-state index >= 15 is 0 Å². The predicted molar refractivity (Wildman–Crippen MR) is 81.8 cm³/mol. The van der Waals surface area contributed by atoms with Gasteiger partial charge in [0.2, 0.25) is 0 Å². The third kappa shape index (κ3) is 1.93. The molecule has 1 aliphatic carbocycles. The fourth-order valence-electron chi connectivity index (χ4n) is 3.01. The molecule has 0 saturated heterocycles. The van der Waals surface area contributed by atoms with Crippen molar-refractivity contribution < 1.29 is 4.39 Å². The average Bonchev–Trinajstić information content (AvgIpc) is 3.07. The van der Waals surface area contributed by atoms with Crippen molar-refractivity contribution in [1.29, 1.82) is 5.26 Å². The number of nitrogens with zero attached hydrogens (tertiary/aromatic N) is 2. The fraction of sp³-hybridized carbons (Fsp3) is 0.176. The Bertz CT molecular complexity index is 888. The Kier molecular flexibility index (Phi) is 2.76. The highest BCUT2D eigenvalue weighted by molar-refractivity contribution is 7.19. The largest absolute Gasteiger partial charge is 0.226 e. The van der Waals surface area contributed by atoms with Crippen LogP contribution in [0.4, 0.5) is 4.39 Å². The summed E-state index contributed by atoms with van der Waals surface area (Å²) in [6, 6.07) is 10.4. The topological polar surface area (TPSA) is 36.7 Å². The van der Waals surface area contributed by atoms with E-state index in [-0.39, 0.29) is 5.82 Å². The van der Waals surface area contributed by atoms with Crippen LogP contribution in [0.25, 0.3) is 21.3 Å². The molecular formula is C17H11FN2S. The first-order chi connectivity index (χ1) is 10.3. The van der Waals surface area contributed by atoms with Crippen LogP contribution in [-0.2, 0) is 12.8 Å². The first-order valence-electron chi connectivity index (χ1n) is 6.87. The van der Waals surface area contributed by atoms with Crippen LogP contribution in [0.2, 0.25) is 0 Å². The summed E-state index contributed by atoms with van der Waals surface area (Å²) in [4.78, 5) is 6.76. The van der Waals surface area contributed by atoms with Crippen LogP contribution in [0, 0.1) is 17.1 Å². The monoisotopic (exact) mass is 294 g/mol. The number of aromatic nitrogens is 1. The highest BCUT2D eigenvalue weighted by Crippen LogP contribution is 2.41. The highest BCUT2D eigenvalue weighted by atomic mass is 32.1. The van der Waals surface area contributed by atoms with E-state index in [0.717, 1.165) is 34.2 Å². The van der Waals surface area contributed by atoms with Crippen molar-refractivity contribution in [3.05, 3.63) is 52.3 Å². The van der Waals surface area contributed by atoms with Crippen molar-refractivity contribution in [2.24, 2.45) is 0 Å². The lowest BCUT2D eigenvalue weighted by Gasteiger charge is -2.06. The van der Waals surface area contributed by atoms with Crippen molar-refractivity contribution in [2.45, 2.75) is 19.3 Å². The SMILES string of the molecule is N#Cc1cc(-c2ccc(F)cc2)c2c3c(sc2n1)CCC3. The molecule has 0 fully saturated rings. The second-order valence-electron chi connectivity index (χ2n) is 5.21. The molecule has 0 bridgehead atoms. The van der Waals surface area contributed by atoms with Crippen LogP contribution in [-0.4, -0.2) is 4.98 Å². The highest BCUT2D eigenvalue weighted by Gasteiger charge is 2.21. The van der Waals surface area contributed by atoms with Gasteiger partial charge < -0.3 is 0 Å². The molecule has 0 aliphatic heterocycles. The van der Waals surface area contributed by atoms with Gasteiger partial charge in [0.25, 0.3) is 0 Å². The third-order valence-electron chi connectivity index (χ3n) is 3.94. The number of aryl methyl sites for hydroxylation is 2. The summed E-state index contributed by atoms with van der Waals surface area (Å²) in [6.07, 6.45) is 3.35. The van der Waals surface area contributed by atoms with Gasteiger partial charge in [-0.05, 0) is 54.2 Å². The van der Waals surface area contributed by atoms with E-state index in [2.05, 4.69) is 11.1 Å². The van der Waals surface area contributed by atoms with Gasteiger partial charge in [0.05, 0.1) is 0 Å². The average molecular weight is 294 g/mol. The minimum atomic E-state index is -0.250. The van der Waals surface area contributed by atoms with Crippen LogP contribution in [0.3, 0.4) is 0 Å². The quantitative estimate of drug-likeness (QED) is 0.664. The van der Waals surface area contributed by atoms with Crippen LogP contribution < -0.4 is 0 Å². The Hall–Kier alpha value is -2.25. The number of pyridine rings is 1. The Morgan fingerprint density at radius 3 is 2.76 bits per heavy atom. The molecule has 4 rings (SSSR count). The van der Waals surface area contributed by atoms with E-state index in [1.165, 1.54) is 29.0 Å². The molecule has 0 spiro atoms. The number of halogens is 1. The molecular weight excluding hydrogens is 283 g/mol. The number of hydrogen-bond donors (Lipinski definition) is 0. The standard InChI is InChI=1S/C17H11FN2S/c18-11-6-4-10(5-7-11)14-8-12(9-19)20-17-16(14)13-2-1-3-15(13)21-17/h4-8H,1-3H2. The molecule has 21 heavy (non-hydrogen) atoms. The Morgan fingerprint density at radius 1 is 1.19 bits per heavy atom. The minimum Gasteiger partial charge on any atom is -0.226 e. The molecule has 1 aliphatic rings. The van der Waals surface area contributed by atoms with Crippen molar-refractivity contribution >= 4 is 21.6 Å². The lowest BCUT2D eigenvalue weighted by molar-refractivity contribution is 0.628. The summed E-state index contributed by atoms with van der Waals surface area (Å²) in [5, 5.41) is 10.3. The van der Waals surface area contributed by atoms with Crippen LogP contribution in [0.15, 0.2) is 30.3 Å². The molecule has 102 valence electrons. The van der Waals surface area contributed by atoms with Crippen molar-refractivity contribution in [1.82, 2.24) is 4.98 Å². The van der Waals surface area contributed by atoms with E-state index in [1.54, 1.807) is 23.5 Å². The lowest BCUT2D eigenvalue weighted by Crippen LogP contribution is -1.89. The van der Waals surface area contributed by atoms with E-state index in [9.17, 15) is 9.65 Å². The van der Waals surface area contributed by atoms with Gasteiger partial charge in [-0.3, -0.25) is 0 Å². The zero-order valence-electron chi connectivity index (χ0n) is 11.2. The van der Waals surface area contributed by atoms with Gasteiger partial charge in [0.15, 0.2) is 0 Å². The van der Waals surface area contributed by atoms with E-state index in [0.29, 0.717) is 5.69 Å². The van der Waals surface area contributed by atoms with Gasteiger partial charge >= 0.3 is 0 Å². The molecule has 0 radical (unpaired) electrons. The number of hydrogen-bond acceptors (Lipinski definition) is 3. The van der Waals surface area contributed by atoms with Gasteiger partial charge in [-0.25, -0.2) is 9.37 Å². The zero-order chi connectivity index (χ0) is 14.4.